The molecule has 2 heterocycles. The number of rotatable bonds is 6. The maximum atomic E-state index is 13.9. The average molecular weight is 460 g/mol. The number of carbonyl (C=O) groups is 1. The van der Waals surface area contributed by atoms with E-state index < -0.39 is 23.6 Å². The molecule has 0 N–H and O–H groups in total. The van der Waals surface area contributed by atoms with Gasteiger partial charge < -0.3 is 13.9 Å². The zero-order valence-corrected chi connectivity index (χ0v) is 17.6. The smallest absolute Gasteiger partial charge is 0.400 e. The summed E-state index contributed by atoms with van der Waals surface area (Å²) < 4.78 is 43.7. The van der Waals surface area contributed by atoms with E-state index in [1.165, 1.54) is 14.0 Å². The molecule has 0 unspecified atom stereocenters. The number of anilines is 1. The molecule has 4 rings (SSSR count). The van der Waals surface area contributed by atoms with Crippen LogP contribution in [0.15, 0.2) is 59.1 Å². The largest absolute Gasteiger partial charge is 0.481 e. The summed E-state index contributed by atoms with van der Waals surface area (Å²) in [6.45, 7) is 1.51. The van der Waals surface area contributed by atoms with Gasteiger partial charge in [0.1, 0.15) is 22.8 Å². The van der Waals surface area contributed by atoms with Crippen LogP contribution < -0.4 is 14.4 Å². The summed E-state index contributed by atoms with van der Waals surface area (Å²) in [5.41, 5.74) is 1.10. The molecule has 32 heavy (non-hydrogen) atoms. The number of nitrogens with zero attached hydrogens (tertiary/aromatic N) is 3. The molecule has 0 radical (unpaired) electrons. The minimum absolute atomic E-state index is 0.0509. The van der Waals surface area contributed by atoms with Crippen LogP contribution in [0, 0.1) is 11.6 Å². The van der Waals surface area contributed by atoms with Crippen LogP contribution in [-0.4, -0.2) is 29.0 Å². The Balaban J connectivity index is 1.40. The quantitative estimate of drug-likeness (QED) is 0.385. The van der Waals surface area contributed by atoms with Gasteiger partial charge in [-0.15, -0.1) is 0 Å². The lowest BCUT2D eigenvalue weighted by molar-refractivity contribution is -0.124. The fourth-order valence-electron chi connectivity index (χ4n) is 2.89. The first-order chi connectivity index (χ1) is 15.3. The fourth-order valence-corrected chi connectivity index (χ4v) is 3.06. The highest BCUT2D eigenvalue weighted by Gasteiger charge is 2.24. The van der Waals surface area contributed by atoms with Crippen LogP contribution in [0.4, 0.5) is 14.6 Å². The SMILES string of the molecule is C[C@@H](Oc1ccc(Oc2nc3ccc(Cl)cc3o2)cc1)C(=O)N(C)c1ncc(F)cc1F. The molecule has 0 spiro atoms. The Morgan fingerprint density at radius 1 is 1.12 bits per heavy atom. The number of fused-ring (bicyclic) bond motifs is 1. The molecule has 0 aliphatic rings. The summed E-state index contributed by atoms with van der Waals surface area (Å²) >= 11 is 5.93. The maximum absolute atomic E-state index is 13.9. The second kappa shape index (κ2) is 8.80. The van der Waals surface area contributed by atoms with Crippen molar-refractivity contribution in [2.75, 3.05) is 11.9 Å². The van der Waals surface area contributed by atoms with Crippen molar-refractivity contribution < 1.29 is 27.5 Å². The van der Waals surface area contributed by atoms with Crippen molar-refractivity contribution in [2.45, 2.75) is 13.0 Å². The summed E-state index contributed by atoms with van der Waals surface area (Å²) in [5.74, 6) is -1.83. The van der Waals surface area contributed by atoms with E-state index in [4.69, 9.17) is 25.5 Å². The van der Waals surface area contributed by atoms with Crippen LogP contribution >= 0.6 is 11.6 Å². The van der Waals surface area contributed by atoms with Gasteiger partial charge in [0, 0.05) is 24.2 Å². The lowest BCUT2D eigenvalue weighted by Gasteiger charge is -2.21. The number of pyridine rings is 1. The summed E-state index contributed by atoms with van der Waals surface area (Å²) in [7, 11) is 1.33. The molecule has 1 atom stereocenters. The summed E-state index contributed by atoms with van der Waals surface area (Å²) in [6, 6.07) is 12.1. The highest BCUT2D eigenvalue weighted by Crippen LogP contribution is 2.28. The Kier molecular flexibility index (Phi) is 5.91. The molecule has 1 amide bonds. The van der Waals surface area contributed by atoms with Crippen LogP contribution in [0.1, 0.15) is 6.92 Å². The van der Waals surface area contributed by atoms with Crippen molar-refractivity contribution in [1.82, 2.24) is 9.97 Å². The molecule has 0 fully saturated rings. The molecule has 10 heteroatoms. The van der Waals surface area contributed by atoms with Crippen LogP contribution in [0.2, 0.25) is 5.02 Å². The van der Waals surface area contributed by atoms with Crippen LogP contribution in [0.5, 0.6) is 17.6 Å². The predicted molar refractivity (Wildman–Crippen MR) is 113 cm³/mol. The second-order valence-electron chi connectivity index (χ2n) is 6.78. The standard InChI is InChI=1S/C22H16ClF2N3O4/c1-12(21(29)28(2)20-17(25)10-14(24)11-26-20)30-15-4-6-16(7-5-15)31-22-27-18-8-3-13(23)9-19(18)32-22/h3-12H,1-2H3/t12-/m1/s1. The molecule has 4 aromatic rings. The molecular formula is C22H16ClF2N3O4. The minimum atomic E-state index is -0.959. The molecular weight excluding hydrogens is 444 g/mol. The van der Waals surface area contributed by atoms with E-state index in [0.717, 1.165) is 11.1 Å². The summed E-state index contributed by atoms with van der Waals surface area (Å²) in [5, 5.41) is 0.522. The minimum Gasteiger partial charge on any atom is -0.481 e. The molecule has 164 valence electrons. The summed E-state index contributed by atoms with van der Waals surface area (Å²) in [4.78, 5) is 21.4. The number of benzene rings is 2. The average Bonchev–Trinajstić information content (AvgIpc) is 3.15. The van der Waals surface area contributed by atoms with E-state index in [9.17, 15) is 13.6 Å². The number of aromatic nitrogens is 2. The fraction of sp³-hybridized carbons (Fsp3) is 0.136. The van der Waals surface area contributed by atoms with Crippen molar-refractivity contribution in [3.05, 3.63) is 71.4 Å². The Morgan fingerprint density at radius 3 is 2.56 bits per heavy atom. The monoisotopic (exact) mass is 459 g/mol. The van der Waals surface area contributed by atoms with Gasteiger partial charge in [-0.25, -0.2) is 13.8 Å². The number of ether oxygens (including phenoxy) is 2. The molecule has 0 bridgehead atoms. The number of carbonyl (C=O) groups excluding carboxylic acids is 1. The Bertz CT molecular complexity index is 1280. The number of amides is 1. The first kappa shape index (κ1) is 21.5. The second-order valence-corrected chi connectivity index (χ2v) is 7.22. The van der Waals surface area contributed by atoms with Gasteiger partial charge in [0.05, 0.1) is 6.20 Å². The van der Waals surface area contributed by atoms with Crippen molar-refractivity contribution in [3.8, 4) is 17.6 Å². The van der Waals surface area contributed by atoms with Gasteiger partial charge in [0.15, 0.2) is 23.3 Å². The van der Waals surface area contributed by atoms with E-state index in [1.807, 2.05) is 0 Å². The van der Waals surface area contributed by atoms with Crippen LogP contribution in [0.3, 0.4) is 0 Å². The van der Waals surface area contributed by atoms with Crippen LogP contribution in [-0.2, 0) is 4.79 Å². The third-order valence-electron chi connectivity index (χ3n) is 4.46. The van der Waals surface area contributed by atoms with E-state index in [0.29, 0.717) is 33.7 Å². The normalized spacial score (nSPS) is 11.9. The molecule has 0 saturated carbocycles. The van der Waals surface area contributed by atoms with E-state index in [-0.39, 0.29) is 11.9 Å². The first-order valence-corrected chi connectivity index (χ1v) is 9.77. The van der Waals surface area contributed by atoms with Crippen molar-refractivity contribution >= 4 is 34.4 Å². The predicted octanol–water partition coefficient (Wildman–Crippen LogP) is 5.38. The zero-order valence-electron chi connectivity index (χ0n) is 16.9. The molecule has 2 aromatic heterocycles. The third-order valence-corrected chi connectivity index (χ3v) is 4.69. The van der Waals surface area contributed by atoms with Gasteiger partial charge in [0.25, 0.3) is 5.91 Å². The number of likely N-dealkylation sites (N-methyl/N-ethyl adjacent to an activating group) is 1. The lowest BCUT2D eigenvalue weighted by Crippen LogP contribution is -2.38. The van der Waals surface area contributed by atoms with Gasteiger partial charge in [-0.2, -0.15) is 4.98 Å². The van der Waals surface area contributed by atoms with Gasteiger partial charge >= 0.3 is 6.08 Å². The van der Waals surface area contributed by atoms with Gasteiger partial charge in [0.2, 0.25) is 0 Å². The maximum Gasteiger partial charge on any atom is 0.400 e. The zero-order chi connectivity index (χ0) is 22.8. The van der Waals surface area contributed by atoms with Crippen molar-refractivity contribution in [2.24, 2.45) is 0 Å². The topological polar surface area (TPSA) is 77.7 Å². The highest BCUT2D eigenvalue weighted by atomic mass is 35.5. The molecule has 2 aromatic carbocycles. The molecule has 0 aliphatic heterocycles. The Hall–Kier alpha value is -3.72. The van der Waals surface area contributed by atoms with Gasteiger partial charge in [-0.3, -0.25) is 9.69 Å². The lowest BCUT2D eigenvalue weighted by atomic mass is 10.3. The first-order valence-electron chi connectivity index (χ1n) is 9.39. The van der Waals surface area contributed by atoms with E-state index in [2.05, 4.69) is 9.97 Å². The molecule has 7 nitrogen and oxygen atoms in total. The summed E-state index contributed by atoms with van der Waals surface area (Å²) in [6.07, 6.45) is -0.0764. The Labute approximate surface area is 186 Å². The number of oxazole rings is 1. The van der Waals surface area contributed by atoms with Crippen molar-refractivity contribution in [1.29, 1.82) is 0 Å². The number of hydrogen-bond acceptors (Lipinski definition) is 6. The van der Waals surface area contributed by atoms with Gasteiger partial charge in [-0.05, 0) is 43.3 Å². The number of halogens is 3. The van der Waals surface area contributed by atoms with E-state index in [1.54, 1.807) is 42.5 Å². The van der Waals surface area contributed by atoms with Crippen LogP contribution in [0.25, 0.3) is 11.1 Å². The van der Waals surface area contributed by atoms with Gasteiger partial charge in [-0.1, -0.05) is 11.6 Å². The third kappa shape index (κ3) is 4.62. The van der Waals surface area contributed by atoms with E-state index >= 15 is 0 Å². The van der Waals surface area contributed by atoms with Crippen molar-refractivity contribution in [3.63, 3.8) is 0 Å². The molecule has 0 saturated heterocycles. The molecule has 0 aliphatic carbocycles. The highest BCUT2D eigenvalue weighted by molar-refractivity contribution is 6.31. The number of hydrogen-bond donors (Lipinski definition) is 0. The Morgan fingerprint density at radius 2 is 1.84 bits per heavy atom.